The van der Waals surface area contributed by atoms with Crippen LogP contribution in [0.5, 0.6) is 0 Å². The van der Waals surface area contributed by atoms with Gasteiger partial charge in [0.2, 0.25) is 0 Å². The van der Waals surface area contributed by atoms with Crippen LogP contribution in [0.15, 0.2) is 47.5 Å². The lowest BCUT2D eigenvalue weighted by atomic mass is 10.0. The van der Waals surface area contributed by atoms with Crippen LogP contribution in [-0.2, 0) is 17.9 Å². The summed E-state index contributed by atoms with van der Waals surface area (Å²) in [6.45, 7) is 2.45. The predicted molar refractivity (Wildman–Crippen MR) is 127 cm³/mol. The quantitative estimate of drug-likeness (QED) is 0.336. The fourth-order valence-electron chi connectivity index (χ4n) is 3.58. The monoisotopic (exact) mass is 530 g/mol. The van der Waals surface area contributed by atoms with Crippen LogP contribution >= 0.6 is 24.0 Å². The van der Waals surface area contributed by atoms with Gasteiger partial charge in [-0.15, -0.1) is 24.0 Å². The van der Waals surface area contributed by atoms with E-state index in [0.29, 0.717) is 18.1 Å². The van der Waals surface area contributed by atoms with Crippen molar-refractivity contribution in [3.63, 3.8) is 0 Å². The Hall–Kier alpha value is -1.94. The average molecular weight is 530 g/mol. The summed E-state index contributed by atoms with van der Waals surface area (Å²) in [7, 11) is 3.27. The van der Waals surface area contributed by atoms with Crippen LogP contribution in [0.3, 0.4) is 0 Å². The number of guanidine groups is 1. The zero-order valence-electron chi connectivity index (χ0n) is 17.3. The first-order chi connectivity index (χ1) is 14.1. The molecule has 0 saturated carbocycles. The molecular weight excluding hydrogens is 501 g/mol. The summed E-state index contributed by atoms with van der Waals surface area (Å²) >= 11 is 0. The Balaban J connectivity index is 0.00000320. The largest absolute Gasteiger partial charge is 0.380 e. The van der Waals surface area contributed by atoms with Gasteiger partial charge >= 0.3 is 0 Å². The molecule has 1 aliphatic heterocycles. The SMILES string of the molecule is CN=C(NCc1ccc(F)c(COC)c1)NC1CCCN(c2cccc(F)c2)C1.I. The minimum atomic E-state index is -0.266. The zero-order chi connectivity index (χ0) is 20.6. The summed E-state index contributed by atoms with van der Waals surface area (Å²) < 4.78 is 32.4. The average Bonchev–Trinajstić information content (AvgIpc) is 2.73. The second-order valence-corrected chi connectivity index (χ2v) is 7.19. The summed E-state index contributed by atoms with van der Waals surface area (Å²) in [5.74, 6) is 0.202. The Bertz CT molecular complexity index is 850. The van der Waals surface area contributed by atoms with Gasteiger partial charge in [0, 0.05) is 51.1 Å². The molecule has 2 N–H and O–H groups in total. The van der Waals surface area contributed by atoms with Crippen molar-refractivity contribution in [2.45, 2.75) is 32.0 Å². The lowest BCUT2D eigenvalue weighted by Gasteiger charge is -2.35. The number of halogens is 3. The molecule has 164 valence electrons. The number of benzene rings is 2. The molecule has 30 heavy (non-hydrogen) atoms. The summed E-state index contributed by atoms with van der Waals surface area (Å²) in [6, 6.07) is 11.9. The van der Waals surface area contributed by atoms with Crippen molar-refractivity contribution in [1.29, 1.82) is 0 Å². The van der Waals surface area contributed by atoms with Crippen molar-refractivity contribution in [2.75, 3.05) is 32.1 Å². The van der Waals surface area contributed by atoms with E-state index in [9.17, 15) is 8.78 Å². The molecule has 1 atom stereocenters. The number of anilines is 1. The topological polar surface area (TPSA) is 48.9 Å². The molecule has 1 fully saturated rings. The molecule has 1 aliphatic rings. The number of nitrogens with zero attached hydrogens (tertiary/aromatic N) is 2. The van der Waals surface area contributed by atoms with Gasteiger partial charge in [0.15, 0.2) is 5.96 Å². The molecule has 2 aromatic rings. The Labute approximate surface area is 193 Å². The first kappa shape index (κ1) is 24.3. The number of piperidine rings is 1. The van der Waals surface area contributed by atoms with Gasteiger partial charge in [-0.05, 0) is 48.7 Å². The van der Waals surface area contributed by atoms with E-state index < -0.39 is 0 Å². The number of methoxy groups -OCH3 is 1. The Morgan fingerprint density at radius 3 is 2.80 bits per heavy atom. The first-order valence-corrected chi connectivity index (χ1v) is 9.83. The Kier molecular flexibility index (Phi) is 9.77. The summed E-state index contributed by atoms with van der Waals surface area (Å²) in [6.07, 6.45) is 2.03. The summed E-state index contributed by atoms with van der Waals surface area (Å²) in [5.41, 5.74) is 2.38. The molecule has 0 aliphatic carbocycles. The molecule has 8 heteroatoms. The normalized spacial score (nSPS) is 16.7. The molecular formula is C22H29F2IN4O. The second-order valence-electron chi connectivity index (χ2n) is 7.19. The fraction of sp³-hybridized carbons (Fsp3) is 0.409. The molecule has 2 aromatic carbocycles. The van der Waals surface area contributed by atoms with E-state index in [1.807, 2.05) is 6.07 Å². The van der Waals surface area contributed by atoms with Gasteiger partial charge in [-0.3, -0.25) is 4.99 Å². The molecule has 5 nitrogen and oxygen atoms in total. The molecule has 3 rings (SSSR count). The van der Waals surface area contributed by atoms with Crippen molar-refractivity contribution >= 4 is 35.6 Å². The van der Waals surface area contributed by atoms with E-state index in [0.717, 1.165) is 37.2 Å². The minimum Gasteiger partial charge on any atom is -0.380 e. The van der Waals surface area contributed by atoms with Crippen LogP contribution in [-0.4, -0.2) is 39.2 Å². The molecule has 0 spiro atoms. The van der Waals surface area contributed by atoms with E-state index in [2.05, 4.69) is 20.5 Å². The van der Waals surface area contributed by atoms with Crippen LogP contribution in [0.4, 0.5) is 14.5 Å². The van der Waals surface area contributed by atoms with Crippen molar-refractivity contribution in [2.24, 2.45) is 4.99 Å². The predicted octanol–water partition coefficient (Wildman–Crippen LogP) is 4.06. The van der Waals surface area contributed by atoms with Crippen LogP contribution in [0, 0.1) is 11.6 Å². The van der Waals surface area contributed by atoms with Gasteiger partial charge < -0.3 is 20.3 Å². The standard InChI is InChI=1S/C22H28F2N4O.HI/c1-25-22(26-13-16-8-9-21(24)17(11-16)15-29-2)27-19-6-4-10-28(14-19)20-7-3-5-18(23)12-20;/h3,5,7-9,11-12,19H,4,6,10,13-15H2,1-2H3,(H2,25,26,27);1H. The first-order valence-electron chi connectivity index (χ1n) is 9.83. The minimum absolute atomic E-state index is 0. The van der Waals surface area contributed by atoms with Gasteiger partial charge in [0.05, 0.1) is 6.61 Å². The molecule has 0 aromatic heterocycles. The van der Waals surface area contributed by atoms with Crippen LogP contribution < -0.4 is 15.5 Å². The van der Waals surface area contributed by atoms with Crippen molar-refractivity contribution in [3.8, 4) is 0 Å². The number of rotatable bonds is 6. The van der Waals surface area contributed by atoms with Crippen LogP contribution in [0.25, 0.3) is 0 Å². The Morgan fingerprint density at radius 2 is 2.07 bits per heavy atom. The molecule has 1 unspecified atom stereocenters. The lowest BCUT2D eigenvalue weighted by molar-refractivity contribution is 0.181. The van der Waals surface area contributed by atoms with Gasteiger partial charge in [0.25, 0.3) is 0 Å². The number of hydrogen-bond acceptors (Lipinski definition) is 3. The van der Waals surface area contributed by atoms with Crippen molar-refractivity contribution < 1.29 is 13.5 Å². The zero-order valence-corrected chi connectivity index (χ0v) is 19.7. The maximum absolute atomic E-state index is 13.8. The smallest absolute Gasteiger partial charge is 0.191 e. The van der Waals surface area contributed by atoms with E-state index >= 15 is 0 Å². The number of nitrogens with one attached hydrogen (secondary N) is 2. The van der Waals surface area contributed by atoms with E-state index in [4.69, 9.17) is 4.74 Å². The lowest BCUT2D eigenvalue weighted by Crippen LogP contribution is -2.51. The van der Waals surface area contributed by atoms with Crippen molar-refractivity contribution in [1.82, 2.24) is 10.6 Å². The highest BCUT2D eigenvalue weighted by Crippen LogP contribution is 2.20. The molecule has 1 saturated heterocycles. The van der Waals surface area contributed by atoms with Gasteiger partial charge in [-0.1, -0.05) is 12.1 Å². The molecule has 0 radical (unpaired) electrons. The second kappa shape index (κ2) is 12.0. The fourth-order valence-corrected chi connectivity index (χ4v) is 3.58. The number of hydrogen-bond donors (Lipinski definition) is 2. The maximum atomic E-state index is 13.8. The number of ether oxygens (including phenoxy) is 1. The third-order valence-electron chi connectivity index (χ3n) is 5.03. The highest BCUT2D eigenvalue weighted by Gasteiger charge is 2.21. The van der Waals surface area contributed by atoms with E-state index in [1.165, 1.54) is 12.1 Å². The third-order valence-corrected chi connectivity index (χ3v) is 5.03. The highest BCUT2D eigenvalue weighted by molar-refractivity contribution is 14.0. The number of aliphatic imine (C=N–C) groups is 1. The molecule has 1 heterocycles. The third kappa shape index (κ3) is 6.80. The van der Waals surface area contributed by atoms with E-state index in [-0.39, 0.29) is 48.3 Å². The van der Waals surface area contributed by atoms with Gasteiger partial charge in [0.1, 0.15) is 11.6 Å². The summed E-state index contributed by atoms with van der Waals surface area (Å²) in [5, 5.41) is 6.73. The van der Waals surface area contributed by atoms with E-state index in [1.54, 1.807) is 38.4 Å². The Morgan fingerprint density at radius 1 is 1.23 bits per heavy atom. The van der Waals surface area contributed by atoms with Gasteiger partial charge in [-0.2, -0.15) is 0 Å². The molecule has 0 bridgehead atoms. The molecule has 0 amide bonds. The summed E-state index contributed by atoms with van der Waals surface area (Å²) in [4.78, 5) is 6.49. The van der Waals surface area contributed by atoms with Crippen molar-refractivity contribution in [3.05, 3.63) is 65.2 Å². The van der Waals surface area contributed by atoms with Gasteiger partial charge in [-0.25, -0.2) is 8.78 Å². The maximum Gasteiger partial charge on any atom is 0.191 e. The highest BCUT2D eigenvalue weighted by atomic mass is 127. The van der Waals surface area contributed by atoms with Crippen LogP contribution in [0.1, 0.15) is 24.0 Å². The van der Waals surface area contributed by atoms with Crippen LogP contribution in [0.2, 0.25) is 0 Å².